The van der Waals surface area contributed by atoms with Crippen LogP contribution in [0, 0.1) is 11.3 Å². The summed E-state index contributed by atoms with van der Waals surface area (Å²) in [4.78, 5) is 35.9. The van der Waals surface area contributed by atoms with Gasteiger partial charge in [-0.15, -0.1) is 0 Å². The van der Waals surface area contributed by atoms with Gasteiger partial charge in [-0.25, -0.2) is 39.9 Å². The lowest BCUT2D eigenvalue weighted by molar-refractivity contribution is -0.137. The van der Waals surface area contributed by atoms with Gasteiger partial charge in [0, 0.05) is 98.9 Å². The van der Waals surface area contributed by atoms with E-state index < -0.39 is 11.7 Å². The fraction of sp³-hybridized carbons (Fsp3) is 0.0185. The number of hydrogen-bond donors (Lipinski definition) is 0. The number of hydrogen-bond acceptors (Lipinski definition) is 9. The zero-order valence-corrected chi connectivity index (χ0v) is 35.4. The van der Waals surface area contributed by atoms with Crippen LogP contribution in [0.1, 0.15) is 11.1 Å². The van der Waals surface area contributed by atoms with E-state index in [0.717, 1.165) is 10.8 Å². The monoisotopic (exact) mass is 889 g/mol. The molecule has 11 nitrogen and oxygen atoms in total. The van der Waals surface area contributed by atoms with E-state index in [2.05, 4.69) is 45.9 Å². The number of benzene rings is 6. The Morgan fingerprint density at radius 2 is 0.750 bits per heavy atom. The van der Waals surface area contributed by atoms with Gasteiger partial charge in [-0.3, -0.25) is 0 Å². The van der Waals surface area contributed by atoms with Crippen LogP contribution in [-0.4, -0.2) is 49.0 Å². The van der Waals surface area contributed by atoms with Gasteiger partial charge < -0.3 is 9.13 Å². The maximum atomic E-state index is 16.5. The van der Waals surface area contributed by atoms with E-state index >= 15 is 13.2 Å². The normalized spacial score (nSPS) is 11.7. The van der Waals surface area contributed by atoms with Crippen LogP contribution < -0.4 is 0 Å². The minimum absolute atomic E-state index is 0.145. The summed E-state index contributed by atoms with van der Waals surface area (Å²) in [5, 5.41) is 13.2. The van der Waals surface area contributed by atoms with Crippen LogP contribution in [0.2, 0.25) is 0 Å². The Bertz CT molecular complexity index is 3770. The average Bonchev–Trinajstić information content (AvgIpc) is 3.90. The van der Waals surface area contributed by atoms with E-state index in [0.29, 0.717) is 95.1 Å². The predicted octanol–water partition coefficient (Wildman–Crippen LogP) is 12.3. The number of fused-ring (bicyclic) bond motifs is 6. The van der Waals surface area contributed by atoms with E-state index in [1.54, 1.807) is 109 Å². The molecule has 68 heavy (non-hydrogen) atoms. The molecule has 0 saturated carbocycles. The number of halogens is 3. The SMILES string of the molecule is N#Cc1cccc(-c2cc(-n3c4cc(-c5ncccn5)ccc4c4ccc(-c5ncccn5)cc43)c(C(F)(F)F)cc2-n2c3cc(-c4ncccn4)ccc3c3ccc(-c4ncccn4)cc32)c1. The molecule has 0 aliphatic heterocycles. The summed E-state index contributed by atoms with van der Waals surface area (Å²) < 4.78 is 52.9. The third-order valence-corrected chi connectivity index (χ3v) is 12.0. The first kappa shape index (κ1) is 40.1. The van der Waals surface area contributed by atoms with Crippen molar-refractivity contribution in [1.29, 1.82) is 5.26 Å². The Morgan fingerprint density at radius 3 is 1.10 bits per heavy atom. The Kier molecular flexibility index (Phi) is 9.36. The van der Waals surface area contributed by atoms with Crippen LogP contribution in [-0.2, 0) is 6.18 Å². The second-order valence-corrected chi connectivity index (χ2v) is 16.0. The quantitative estimate of drug-likeness (QED) is 0.153. The molecule has 0 atom stereocenters. The molecule has 0 N–H and O–H groups in total. The summed E-state index contributed by atoms with van der Waals surface area (Å²) in [7, 11) is 0. The highest BCUT2D eigenvalue weighted by Gasteiger charge is 2.37. The largest absolute Gasteiger partial charge is 0.418 e. The van der Waals surface area contributed by atoms with E-state index in [1.807, 2.05) is 77.4 Å². The number of alkyl halides is 3. The van der Waals surface area contributed by atoms with Gasteiger partial charge in [-0.2, -0.15) is 18.4 Å². The van der Waals surface area contributed by atoms with Gasteiger partial charge in [0.2, 0.25) is 0 Å². The molecular weight excluding hydrogens is 860 g/mol. The van der Waals surface area contributed by atoms with Gasteiger partial charge in [-0.1, -0.05) is 60.7 Å². The molecule has 12 rings (SSSR count). The van der Waals surface area contributed by atoms with Gasteiger partial charge in [0.1, 0.15) is 0 Å². The highest BCUT2D eigenvalue weighted by molar-refractivity contribution is 6.13. The highest BCUT2D eigenvalue weighted by atomic mass is 19.4. The smallest absolute Gasteiger partial charge is 0.309 e. The first-order chi connectivity index (χ1) is 33.3. The van der Waals surface area contributed by atoms with E-state index in [-0.39, 0.29) is 11.4 Å². The maximum absolute atomic E-state index is 16.5. The summed E-state index contributed by atoms with van der Waals surface area (Å²) in [5.41, 5.74) is 5.18. The third kappa shape index (κ3) is 6.76. The van der Waals surface area contributed by atoms with E-state index in [4.69, 9.17) is 0 Å². The Labute approximate surface area is 384 Å². The van der Waals surface area contributed by atoms with E-state index in [1.165, 1.54) is 6.07 Å². The van der Waals surface area contributed by atoms with Crippen LogP contribution >= 0.6 is 0 Å². The fourth-order valence-electron chi connectivity index (χ4n) is 9.07. The average molecular weight is 890 g/mol. The number of nitrogens with zero attached hydrogens (tertiary/aromatic N) is 11. The molecule has 0 amide bonds. The predicted molar refractivity (Wildman–Crippen MR) is 254 cm³/mol. The molecule has 0 fully saturated rings. The lowest BCUT2D eigenvalue weighted by Gasteiger charge is -2.22. The molecule has 322 valence electrons. The molecular formula is C54H30F3N11. The lowest BCUT2D eigenvalue weighted by Crippen LogP contribution is -2.13. The minimum Gasteiger partial charge on any atom is -0.309 e. The molecule has 0 saturated heterocycles. The van der Waals surface area contributed by atoms with Crippen molar-refractivity contribution in [3.63, 3.8) is 0 Å². The molecule has 0 aliphatic carbocycles. The summed E-state index contributed by atoms with van der Waals surface area (Å²) in [6, 6.07) is 41.4. The van der Waals surface area contributed by atoms with Crippen molar-refractivity contribution in [3.05, 3.63) is 194 Å². The zero-order chi connectivity index (χ0) is 45.9. The van der Waals surface area contributed by atoms with Gasteiger partial charge in [-0.05, 0) is 78.4 Å². The molecule has 6 heterocycles. The van der Waals surface area contributed by atoms with Gasteiger partial charge in [0.15, 0.2) is 23.3 Å². The van der Waals surface area contributed by atoms with Crippen molar-refractivity contribution in [1.82, 2.24) is 49.0 Å². The second-order valence-electron chi connectivity index (χ2n) is 16.0. The number of aromatic nitrogens is 10. The molecule has 14 heteroatoms. The molecule has 6 aromatic carbocycles. The first-order valence-electron chi connectivity index (χ1n) is 21.3. The van der Waals surface area contributed by atoms with Gasteiger partial charge in [0.25, 0.3) is 0 Å². The molecule has 6 aromatic heterocycles. The minimum atomic E-state index is -4.90. The molecule has 0 spiro atoms. The molecule has 0 bridgehead atoms. The van der Waals surface area contributed by atoms with E-state index in [9.17, 15) is 5.26 Å². The van der Waals surface area contributed by atoms with Crippen molar-refractivity contribution >= 4 is 43.6 Å². The van der Waals surface area contributed by atoms with Crippen LogP contribution in [0.3, 0.4) is 0 Å². The van der Waals surface area contributed by atoms with Crippen LogP contribution in [0.4, 0.5) is 13.2 Å². The molecule has 0 aliphatic rings. The zero-order valence-electron chi connectivity index (χ0n) is 35.4. The molecule has 0 unspecified atom stereocenters. The summed E-state index contributed by atoms with van der Waals surface area (Å²) in [6.07, 6.45) is 8.16. The van der Waals surface area contributed by atoms with Gasteiger partial charge in [0.05, 0.1) is 50.6 Å². The maximum Gasteiger partial charge on any atom is 0.418 e. The number of rotatable bonds is 7. The summed E-state index contributed by atoms with van der Waals surface area (Å²) in [6.45, 7) is 0. The standard InChI is InChI=1S/C54H30F3N11/c55-54(56,57)43-30-48(67-44-25-34(50-59-16-2-17-60-50)8-12-38(44)39-13-9-35(26-45(39)67)51-61-18-3-19-62-51)42(33-7-1-6-32(24-33)31-58)29-49(43)68-46-27-36(52-63-20-4-21-64-52)10-14-40(46)41-15-11-37(28-47(41)68)53-65-22-5-23-66-53/h1-30H. The Hall–Kier alpha value is -9.48. The third-order valence-electron chi connectivity index (χ3n) is 12.0. The molecule has 12 aromatic rings. The second kappa shape index (κ2) is 15.9. The van der Waals surface area contributed by atoms with Crippen molar-refractivity contribution in [3.8, 4) is 74.1 Å². The van der Waals surface area contributed by atoms with Crippen molar-refractivity contribution < 1.29 is 13.2 Å². The fourth-order valence-corrected chi connectivity index (χ4v) is 9.07. The van der Waals surface area contributed by atoms with Crippen molar-refractivity contribution in [2.45, 2.75) is 6.18 Å². The summed E-state index contributed by atoms with van der Waals surface area (Å²) >= 11 is 0. The van der Waals surface area contributed by atoms with Crippen LogP contribution in [0.25, 0.3) is 112 Å². The van der Waals surface area contributed by atoms with Crippen molar-refractivity contribution in [2.75, 3.05) is 0 Å². The Balaban J connectivity index is 1.23. The van der Waals surface area contributed by atoms with Crippen LogP contribution in [0.15, 0.2) is 183 Å². The topological polar surface area (TPSA) is 137 Å². The van der Waals surface area contributed by atoms with Crippen LogP contribution in [0.5, 0.6) is 0 Å². The highest BCUT2D eigenvalue weighted by Crippen LogP contribution is 2.46. The van der Waals surface area contributed by atoms with Gasteiger partial charge >= 0.3 is 6.18 Å². The molecule has 0 radical (unpaired) electrons. The number of nitriles is 1. The Morgan fingerprint density at radius 1 is 0.382 bits per heavy atom. The van der Waals surface area contributed by atoms with Crippen molar-refractivity contribution in [2.24, 2.45) is 0 Å². The first-order valence-corrected chi connectivity index (χ1v) is 21.3. The lowest BCUT2D eigenvalue weighted by atomic mass is 9.97. The summed E-state index contributed by atoms with van der Waals surface area (Å²) in [5.74, 6) is 1.73.